The monoisotopic (exact) mass is 432 g/mol. The third-order valence-electron chi connectivity index (χ3n) is 5.99. The number of hydrogen-bond donors (Lipinski definition) is 1. The van der Waals surface area contributed by atoms with Gasteiger partial charge in [-0.1, -0.05) is 36.4 Å². The van der Waals surface area contributed by atoms with E-state index in [0.717, 1.165) is 11.1 Å². The Hall–Kier alpha value is -3.81. The van der Waals surface area contributed by atoms with Crippen molar-refractivity contribution in [2.45, 2.75) is 38.4 Å². The standard InChI is InChI=1S/C24H24N4O4/c1-16(18-5-3-2-4-6-18)28-22(11-12-25-28)26-24(30)19-8-10-23(29)27(19)14-17-7-9-20-21(13-17)32-15-31-20/h2-7,9,11-13,16,19H,8,10,14-15H2,1H3,(H,26,30). The van der Waals surface area contributed by atoms with Gasteiger partial charge in [0.1, 0.15) is 11.9 Å². The molecule has 3 aromatic rings. The average Bonchev–Trinajstić information content (AvgIpc) is 3.54. The van der Waals surface area contributed by atoms with Gasteiger partial charge in [-0.3, -0.25) is 9.59 Å². The molecule has 3 heterocycles. The number of likely N-dealkylation sites (tertiary alicyclic amines) is 1. The smallest absolute Gasteiger partial charge is 0.248 e. The van der Waals surface area contributed by atoms with Crippen LogP contribution in [0.25, 0.3) is 0 Å². The molecule has 8 nitrogen and oxygen atoms in total. The molecule has 2 unspecified atom stereocenters. The second-order valence-electron chi connectivity index (χ2n) is 8.00. The number of anilines is 1. The zero-order valence-electron chi connectivity index (χ0n) is 17.7. The Morgan fingerprint density at radius 1 is 1.16 bits per heavy atom. The summed E-state index contributed by atoms with van der Waals surface area (Å²) in [4.78, 5) is 27.4. The van der Waals surface area contributed by atoms with Crippen LogP contribution in [0.1, 0.15) is 36.9 Å². The Balaban J connectivity index is 1.31. The van der Waals surface area contributed by atoms with Gasteiger partial charge in [0.25, 0.3) is 0 Å². The minimum Gasteiger partial charge on any atom is -0.454 e. The molecular weight excluding hydrogens is 408 g/mol. The Morgan fingerprint density at radius 3 is 2.81 bits per heavy atom. The molecule has 1 aromatic heterocycles. The molecule has 2 atom stereocenters. The number of carbonyl (C=O) groups excluding carboxylic acids is 2. The first-order valence-electron chi connectivity index (χ1n) is 10.7. The van der Waals surface area contributed by atoms with Crippen LogP contribution in [-0.2, 0) is 16.1 Å². The molecule has 164 valence electrons. The molecule has 1 saturated heterocycles. The highest BCUT2D eigenvalue weighted by molar-refractivity contribution is 5.98. The predicted molar refractivity (Wildman–Crippen MR) is 117 cm³/mol. The lowest BCUT2D eigenvalue weighted by Crippen LogP contribution is -2.41. The highest BCUT2D eigenvalue weighted by atomic mass is 16.7. The Bertz CT molecular complexity index is 1140. The second kappa shape index (κ2) is 8.37. The number of aromatic nitrogens is 2. The van der Waals surface area contributed by atoms with Gasteiger partial charge in [-0.15, -0.1) is 0 Å². The minimum atomic E-state index is -0.539. The maximum Gasteiger partial charge on any atom is 0.248 e. The van der Waals surface area contributed by atoms with E-state index in [4.69, 9.17) is 9.47 Å². The molecule has 0 aliphatic carbocycles. The Kier molecular flexibility index (Phi) is 5.26. The van der Waals surface area contributed by atoms with E-state index in [-0.39, 0.29) is 24.6 Å². The number of hydrogen-bond acceptors (Lipinski definition) is 5. The van der Waals surface area contributed by atoms with Crippen molar-refractivity contribution in [1.82, 2.24) is 14.7 Å². The fourth-order valence-electron chi connectivity index (χ4n) is 4.24. The molecule has 2 amide bonds. The van der Waals surface area contributed by atoms with Gasteiger partial charge in [0, 0.05) is 19.0 Å². The SMILES string of the molecule is CC(c1ccccc1)n1nccc1NC(=O)C1CCC(=O)N1Cc1ccc2c(c1)OCO2. The van der Waals surface area contributed by atoms with Crippen LogP contribution in [0.15, 0.2) is 60.8 Å². The Morgan fingerprint density at radius 2 is 1.97 bits per heavy atom. The molecule has 2 aliphatic rings. The van der Waals surface area contributed by atoms with Crippen molar-refractivity contribution in [3.63, 3.8) is 0 Å². The van der Waals surface area contributed by atoms with Gasteiger partial charge in [-0.05, 0) is 36.6 Å². The van der Waals surface area contributed by atoms with Gasteiger partial charge in [-0.2, -0.15) is 5.10 Å². The number of ether oxygens (including phenoxy) is 2. The van der Waals surface area contributed by atoms with E-state index in [2.05, 4.69) is 10.4 Å². The van der Waals surface area contributed by atoms with Crippen molar-refractivity contribution in [1.29, 1.82) is 0 Å². The van der Waals surface area contributed by atoms with Crippen LogP contribution in [0.4, 0.5) is 5.82 Å². The topological polar surface area (TPSA) is 85.7 Å². The van der Waals surface area contributed by atoms with Gasteiger partial charge in [0.15, 0.2) is 11.5 Å². The average molecular weight is 432 g/mol. The van der Waals surface area contributed by atoms with E-state index in [1.165, 1.54) is 0 Å². The quantitative estimate of drug-likeness (QED) is 0.646. The van der Waals surface area contributed by atoms with Crippen LogP contribution in [0.5, 0.6) is 11.5 Å². The summed E-state index contributed by atoms with van der Waals surface area (Å²) < 4.78 is 12.6. The molecule has 0 spiro atoms. The van der Waals surface area contributed by atoms with Crippen LogP contribution in [0, 0.1) is 0 Å². The van der Waals surface area contributed by atoms with Crippen molar-refractivity contribution < 1.29 is 19.1 Å². The van der Waals surface area contributed by atoms with Crippen LogP contribution >= 0.6 is 0 Å². The van der Waals surface area contributed by atoms with Crippen LogP contribution in [-0.4, -0.2) is 39.3 Å². The highest BCUT2D eigenvalue weighted by Crippen LogP contribution is 2.34. The van der Waals surface area contributed by atoms with Gasteiger partial charge < -0.3 is 19.7 Å². The minimum absolute atomic E-state index is 0.0334. The lowest BCUT2D eigenvalue weighted by Gasteiger charge is -2.25. The lowest BCUT2D eigenvalue weighted by atomic mass is 10.1. The third-order valence-corrected chi connectivity index (χ3v) is 5.99. The normalized spacial score (nSPS) is 18.1. The number of nitrogens with zero attached hydrogens (tertiary/aromatic N) is 3. The molecule has 0 bridgehead atoms. The molecule has 8 heteroatoms. The van der Waals surface area contributed by atoms with Gasteiger partial charge in [0.2, 0.25) is 18.6 Å². The van der Waals surface area contributed by atoms with E-state index < -0.39 is 6.04 Å². The van der Waals surface area contributed by atoms with Gasteiger partial charge in [-0.25, -0.2) is 4.68 Å². The van der Waals surface area contributed by atoms with Crippen molar-refractivity contribution in [2.75, 3.05) is 12.1 Å². The van der Waals surface area contributed by atoms with Crippen molar-refractivity contribution in [3.05, 3.63) is 71.9 Å². The van der Waals surface area contributed by atoms with Crippen molar-refractivity contribution >= 4 is 17.6 Å². The third kappa shape index (κ3) is 3.79. The summed E-state index contributed by atoms with van der Waals surface area (Å²) in [5, 5.41) is 7.39. The molecule has 5 rings (SSSR count). The molecule has 2 aromatic carbocycles. The number of amides is 2. The summed E-state index contributed by atoms with van der Waals surface area (Å²) in [6.07, 6.45) is 2.50. The summed E-state index contributed by atoms with van der Waals surface area (Å²) in [7, 11) is 0. The van der Waals surface area contributed by atoms with Crippen molar-refractivity contribution in [3.8, 4) is 11.5 Å². The summed E-state index contributed by atoms with van der Waals surface area (Å²) in [5.41, 5.74) is 1.98. The molecule has 1 fully saturated rings. The van der Waals surface area contributed by atoms with E-state index in [9.17, 15) is 9.59 Å². The summed E-state index contributed by atoms with van der Waals surface area (Å²) in [6, 6.07) is 16.8. The van der Waals surface area contributed by atoms with Gasteiger partial charge >= 0.3 is 0 Å². The maximum atomic E-state index is 13.2. The summed E-state index contributed by atoms with van der Waals surface area (Å²) in [6.45, 7) is 2.57. The van der Waals surface area contributed by atoms with Gasteiger partial charge in [0.05, 0.1) is 12.2 Å². The summed E-state index contributed by atoms with van der Waals surface area (Å²) >= 11 is 0. The van der Waals surface area contributed by atoms with E-state index in [1.807, 2.05) is 55.5 Å². The van der Waals surface area contributed by atoms with E-state index in [0.29, 0.717) is 36.7 Å². The lowest BCUT2D eigenvalue weighted by molar-refractivity contribution is -0.133. The van der Waals surface area contributed by atoms with Crippen LogP contribution in [0.2, 0.25) is 0 Å². The van der Waals surface area contributed by atoms with Crippen molar-refractivity contribution in [2.24, 2.45) is 0 Å². The zero-order valence-corrected chi connectivity index (χ0v) is 17.7. The predicted octanol–water partition coefficient (Wildman–Crippen LogP) is 3.35. The van der Waals surface area contributed by atoms with E-state index in [1.54, 1.807) is 21.8 Å². The maximum absolute atomic E-state index is 13.2. The fourth-order valence-corrected chi connectivity index (χ4v) is 4.24. The van der Waals surface area contributed by atoms with Crippen LogP contribution in [0.3, 0.4) is 0 Å². The number of carbonyl (C=O) groups is 2. The second-order valence-corrected chi connectivity index (χ2v) is 8.00. The van der Waals surface area contributed by atoms with E-state index >= 15 is 0 Å². The molecular formula is C24H24N4O4. The highest BCUT2D eigenvalue weighted by Gasteiger charge is 2.36. The molecule has 2 aliphatic heterocycles. The summed E-state index contributed by atoms with van der Waals surface area (Å²) in [5.74, 6) is 1.71. The molecule has 0 saturated carbocycles. The Labute approximate surface area is 185 Å². The first-order valence-corrected chi connectivity index (χ1v) is 10.7. The number of rotatable bonds is 6. The first-order chi connectivity index (χ1) is 15.6. The number of fused-ring (bicyclic) bond motifs is 1. The molecule has 1 N–H and O–H groups in total. The first kappa shape index (κ1) is 20.1. The largest absolute Gasteiger partial charge is 0.454 e. The fraction of sp³-hybridized carbons (Fsp3) is 0.292. The van der Waals surface area contributed by atoms with Crippen LogP contribution < -0.4 is 14.8 Å². The molecule has 32 heavy (non-hydrogen) atoms. The number of benzene rings is 2. The molecule has 0 radical (unpaired) electrons. The zero-order chi connectivity index (χ0) is 22.1. The number of nitrogens with one attached hydrogen (secondary N) is 1.